The predicted molar refractivity (Wildman–Crippen MR) is 67.8 cm³/mol. The number of nitrogens with two attached hydrogens (primary N) is 1. The second-order valence-corrected chi connectivity index (χ2v) is 4.78. The summed E-state index contributed by atoms with van der Waals surface area (Å²) in [5, 5.41) is 7.85. The molecule has 0 radical (unpaired) electrons. The molecular weight excluding hydrogens is 246 g/mol. The molecule has 1 unspecified atom stereocenters. The predicted octanol–water partition coefficient (Wildman–Crippen LogP) is 0.227. The molecule has 1 aliphatic rings. The number of hydrogen-bond donors (Lipinski definition) is 1. The van der Waals surface area contributed by atoms with Gasteiger partial charge in [0.2, 0.25) is 5.91 Å². The van der Waals surface area contributed by atoms with Crippen molar-refractivity contribution >= 4 is 11.8 Å². The zero-order chi connectivity index (χ0) is 13.8. The van der Waals surface area contributed by atoms with Crippen LogP contribution in [-0.2, 0) is 16.1 Å². The van der Waals surface area contributed by atoms with E-state index in [1.54, 1.807) is 6.20 Å². The number of amides is 2. The molecule has 1 fully saturated rings. The second kappa shape index (κ2) is 5.92. The number of rotatable bonds is 5. The van der Waals surface area contributed by atoms with E-state index < -0.39 is 0 Å². The van der Waals surface area contributed by atoms with E-state index in [0.29, 0.717) is 18.7 Å². The lowest BCUT2D eigenvalue weighted by Gasteiger charge is -2.12. The highest BCUT2D eigenvalue weighted by Crippen LogP contribution is 2.13. The average molecular weight is 265 g/mol. The summed E-state index contributed by atoms with van der Waals surface area (Å²) in [5.74, 6) is -0.337. The molecule has 1 atom stereocenters. The first-order valence-corrected chi connectivity index (χ1v) is 6.60. The van der Waals surface area contributed by atoms with E-state index in [1.807, 2.05) is 6.92 Å². The quantitative estimate of drug-likeness (QED) is 0.822. The monoisotopic (exact) mass is 265 g/mol. The molecule has 104 valence electrons. The van der Waals surface area contributed by atoms with Gasteiger partial charge in [-0.1, -0.05) is 18.6 Å². The molecular formula is C12H19N5O2. The Bertz CT molecular complexity index is 470. The number of nitrogens with zero attached hydrogens (tertiary/aromatic N) is 4. The van der Waals surface area contributed by atoms with Crippen LogP contribution in [0.3, 0.4) is 0 Å². The second-order valence-electron chi connectivity index (χ2n) is 4.78. The van der Waals surface area contributed by atoms with Gasteiger partial charge in [-0.25, -0.2) is 4.68 Å². The molecule has 2 rings (SSSR count). The van der Waals surface area contributed by atoms with Gasteiger partial charge in [0.1, 0.15) is 6.54 Å². The molecule has 7 heteroatoms. The zero-order valence-electron chi connectivity index (χ0n) is 11.1. The summed E-state index contributed by atoms with van der Waals surface area (Å²) >= 11 is 0. The minimum atomic E-state index is -0.233. The van der Waals surface area contributed by atoms with E-state index in [9.17, 15) is 9.59 Å². The molecule has 7 nitrogen and oxygen atoms in total. The van der Waals surface area contributed by atoms with Gasteiger partial charge in [0, 0.05) is 13.0 Å². The Morgan fingerprint density at radius 3 is 3.00 bits per heavy atom. The Balaban J connectivity index is 1.96. The fourth-order valence-corrected chi connectivity index (χ4v) is 2.16. The van der Waals surface area contributed by atoms with Gasteiger partial charge in [0.25, 0.3) is 5.91 Å². The number of carbonyl (C=O) groups is 2. The van der Waals surface area contributed by atoms with Crippen LogP contribution in [0.1, 0.15) is 44.3 Å². The first kappa shape index (κ1) is 13.7. The first-order valence-electron chi connectivity index (χ1n) is 6.60. The van der Waals surface area contributed by atoms with E-state index >= 15 is 0 Å². The molecule has 2 heterocycles. The molecule has 1 aromatic heterocycles. The molecule has 0 saturated carbocycles. The van der Waals surface area contributed by atoms with Crippen LogP contribution in [0.25, 0.3) is 0 Å². The standard InChI is InChI=1S/C12H19N5O2/c1-2-4-9(13)10-7-16(15-14-10)8-12(19)17-6-3-5-11(17)18/h7,9H,2-6,8,13H2,1H3. The highest BCUT2D eigenvalue weighted by atomic mass is 16.2. The van der Waals surface area contributed by atoms with Crippen molar-refractivity contribution in [3.8, 4) is 0 Å². The molecule has 1 aromatic rings. The van der Waals surface area contributed by atoms with Crippen molar-refractivity contribution in [3.05, 3.63) is 11.9 Å². The molecule has 2 N–H and O–H groups in total. The third kappa shape index (κ3) is 3.17. The van der Waals surface area contributed by atoms with Crippen LogP contribution in [0.4, 0.5) is 0 Å². The molecule has 2 amide bonds. The Labute approximate surface area is 111 Å². The summed E-state index contributed by atoms with van der Waals surface area (Å²) in [4.78, 5) is 24.6. The highest BCUT2D eigenvalue weighted by Gasteiger charge is 2.26. The van der Waals surface area contributed by atoms with Gasteiger partial charge < -0.3 is 5.73 Å². The van der Waals surface area contributed by atoms with E-state index in [4.69, 9.17) is 5.73 Å². The molecule has 0 spiro atoms. The number of aromatic nitrogens is 3. The smallest absolute Gasteiger partial charge is 0.250 e. The van der Waals surface area contributed by atoms with Gasteiger partial charge >= 0.3 is 0 Å². The fourth-order valence-electron chi connectivity index (χ4n) is 2.16. The maximum absolute atomic E-state index is 11.9. The number of likely N-dealkylation sites (tertiary alicyclic amines) is 1. The van der Waals surface area contributed by atoms with Crippen molar-refractivity contribution in [2.24, 2.45) is 5.73 Å². The Hall–Kier alpha value is -1.76. The molecule has 19 heavy (non-hydrogen) atoms. The van der Waals surface area contributed by atoms with E-state index in [0.717, 1.165) is 19.3 Å². The van der Waals surface area contributed by atoms with Crippen molar-refractivity contribution in [1.82, 2.24) is 19.9 Å². The lowest BCUT2D eigenvalue weighted by atomic mass is 10.1. The number of imide groups is 1. The topological polar surface area (TPSA) is 94.1 Å². The van der Waals surface area contributed by atoms with Crippen LogP contribution < -0.4 is 5.73 Å². The summed E-state index contributed by atoms with van der Waals surface area (Å²) in [6.45, 7) is 2.60. The maximum Gasteiger partial charge on any atom is 0.250 e. The minimum Gasteiger partial charge on any atom is -0.323 e. The Morgan fingerprint density at radius 2 is 2.37 bits per heavy atom. The Kier molecular flexibility index (Phi) is 4.26. The normalized spacial score (nSPS) is 16.9. The van der Waals surface area contributed by atoms with Gasteiger partial charge in [0.05, 0.1) is 17.9 Å². The van der Waals surface area contributed by atoms with Gasteiger partial charge in [0.15, 0.2) is 0 Å². The van der Waals surface area contributed by atoms with E-state index in [2.05, 4.69) is 10.3 Å². The minimum absolute atomic E-state index is 0.0393. The molecule has 1 aliphatic heterocycles. The largest absolute Gasteiger partial charge is 0.323 e. The summed E-state index contributed by atoms with van der Waals surface area (Å²) in [6.07, 6.45) is 4.68. The highest BCUT2D eigenvalue weighted by molar-refractivity contribution is 5.96. The molecule has 0 aliphatic carbocycles. The third-order valence-corrected chi connectivity index (χ3v) is 3.21. The van der Waals surface area contributed by atoms with E-state index in [1.165, 1.54) is 9.58 Å². The SMILES string of the molecule is CCCC(N)c1cn(CC(=O)N2CCCC2=O)nn1. The van der Waals surface area contributed by atoms with Gasteiger partial charge in [-0.15, -0.1) is 5.10 Å². The van der Waals surface area contributed by atoms with Crippen LogP contribution >= 0.6 is 0 Å². The lowest BCUT2D eigenvalue weighted by Crippen LogP contribution is -2.34. The van der Waals surface area contributed by atoms with Gasteiger partial charge in [-0.05, 0) is 12.8 Å². The Morgan fingerprint density at radius 1 is 1.58 bits per heavy atom. The van der Waals surface area contributed by atoms with Crippen molar-refractivity contribution < 1.29 is 9.59 Å². The van der Waals surface area contributed by atoms with Crippen molar-refractivity contribution in [3.63, 3.8) is 0 Å². The zero-order valence-corrected chi connectivity index (χ0v) is 11.1. The van der Waals surface area contributed by atoms with E-state index in [-0.39, 0.29) is 24.4 Å². The average Bonchev–Trinajstić information content (AvgIpc) is 2.98. The van der Waals surface area contributed by atoms with Crippen LogP contribution in [-0.4, -0.2) is 38.3 Å². The van der Waals surface area contributed by atoms with Gasteiger partial charge in [-0.3, -0.25) is 14.5 Å². The fraction of sp³-hybridized carbons (Fsp3) is 0.667. The van der Waals surface area contributed by atoms with Crippen LogP contribution in [0.2, 0.25) is 0 Å². The van der Waals surface area contributed by atoms with Crippen molar-refractivity contribution in [2.75, 3.05) is 6.54 Å². The molecule has 0 aromatic carbocycles. The van der Waals surface area contributed by atoms with Crippen molar-refractivity contribution in [1.29, 1.82) is 0 Å². The van der Waals surface area contributed by atoms with Crippen LogP contribution in [0.5, 0.6) is 0 Å². The summed E-state index contributed by atoms with van der Waals surface area (Å²) in [5.41, 5.74) is 6.61. The summed E-state index contributed by atoms with van der Waals surface area (Å²) < 4.78 is 1.44. The summed E-state index contributed by atoms with van der Waals surface area (Å²) in [7, 11) is 0. The number of hydrogen-bond acceptors (Lipinski definition) is 5. The first-order chi connectivity index (χ1) is 9.11. The molecule has 0 bridgehead atoms. The third-order valence-electron chi connectivity index (χ3n) is 3.21. The molecule has 1 saturated heterocycles. The summed E-state index contributed by atoms with van der Waals surface area (Å²) in [6, 6.07) is -0.151. The van der Waals surface area contributed by atoms with Crippen molar-refractivity contribution in [2.45, 2.75) is 45.2 Å². The van der Waals surface area contributed by atoms with Crippen LogP contribution in [0, 0.1) is 0 Å². The maximum atomic E-state index is 11.9. The van der Waals surface area contributed by atoms with Crippen LogP contribution in [0.15, 0.2) is 6.20 Å². The number of carbonyl (C=O) groups excluding carboxylic acids is 2. The van der Waals surface area contributed by atoms with Gasteiger partial charge in [-0.2, -0.15) is 0 Å². The lowest BCUT2D eigenvalue weighted by molar-refractivity contribution is -0.142.